The van der Waals surface area contributed by atoms with Gasteiger partial charge < -0.3 is 9.64 Å². The van der Waals surface area contributed by atoms with Gasteiger partial charge in [0.2, 0.25) is 0 Å². The molecule has 0 saturated carbocycles. The van der Waals surface area contributed by atoms with E-state index in [-0.39, 0.29) is 5.60 Å². The summed E-state index contributed by atoms with van der Waals surface area (Å²) in [5.41, 5.74) is 2.02. The van der Waals surface area contributed by atoms with E-state index in [0.717, 1.165) is 37.6 Å². The normalized spacial score (nSPS) is 29.9. The van der Waals surface area contributed by atoms with Crippen LogP contribution in [0.5, 0.6) is 0 Å². The van der Waals surface area contributed by atoms with Crippen LogP contribution in [0.2, 0.25) is 0 Å². The molecule has 19 heavy (non-hydrogen) atoms. The van der Waals surface area contributed by atoms with E-state index in [2.05, 4.69) is 17.9 Å². The summed E-state index contributed by atoms with van der Waals surface area (Å²) in [6.07, 6.45) is 3.55. The molecule has 0 aliphatic carbocycles. The van der Waals surface area contributed by atoms with E-state index in [1.165, 1.54) is 18.5 Å². The molecule has 2 saturated heterocycles. The fourth-order valence-corrected chi connectivity index (χ4v) is 3.30. The molecule has 1 spiro atoms. The van der Waals surface area contributed by atoms with Crippen LogP contribution in [-0.2, 0) is 4.74 Å². The van der Waals surface area contributed by atoms with Crippen molar-refractivity contribution in [2.24, 2.45) is 5.92 Å². The van der Waals surface area contributed by atoms with Gasteiger partial charge in [-0.3, -0.25) is 0 Å². The molecule has 0 radical (unpaired) electrons. The molecule has 3 heteroatoms. The van der Waals surface area contributed by atoms with Gasteiger partial charge >= 0.3 is 0 Å². The molecule has 0 bridgehead atoms. The Hall–Kier alpha value is -1.53. The lowest BCUT2D eigenvalue weighted by Gasteiger charge is -2.24. The van der Waals surface area contributed by atoms with Gasteiger partial charge in [-0.2, -0.15) is 5.26 Å². The summed E-state index contributed by atoms with van der Waals surface area (Å²) in [5.74, 6) is 0.737. The van der Waals surface area contributed by atoms with E-state index in [0.29, 0.717) is 0 Å². The van der Waals surface area contributed by atoms with Crippen molar-refractivity contribution >= 4 is 5.69 Å². The van der Waals surface area contributed by atoms with Crippen LogP contribution >= 0.6 is 0 Å². The highest BCUT2D eigenvalue weighted by Gasteiger charge is 2.44. The molecule has 2 aliphatic heterocycles. The van der Waals surface area contributed by atoms with Crippen LogP contribution in [0.15, 0.2) is 24.3 Å². The van der Waals surface area contributed by atoms with Crippen molar-refractivity contribution in [2.75, 3.05) is 24.6 Å². The maximum absolute atomic E-state index is 8.83. The average molecular weight is 256 g/mol. The Kier molecular flexibility index (Phi) is 3.20. The van der Waals surface area contributed by atoms with Crippen molar-refractivity contribution in [3.8, 4) is 6.07 Å². The average Bonchev–Trinajstić information content (AvgIpc) is 3.07. The molecule has 2 aliphatic rings. The van der Waals surface area contributed by atoms with Crippen LogP contribution in [-0.4, -0.2) is 25.3 Å². The Balaban J connectivity index is 1.70. The smallest absolute Gasteiger partial charge is 0.0991 e. The fraction of sp³-hybridized carbons (Fsp3) is 0.562. The second-order valence-electron chi connectivity index (χ2n) is 5.80. The zero-order valence-corrected chi connectivity index (χ0v) is 11.4. The minimum absolute atomic E-state index is 0.0918. The molecule has 2 heterocycles. The number of ether oxygens (including phenoxy) is 1. The molecular weight excluding hydrogens is 236 g/mol. The summed E-state index contributed by atoms with van der Waals surface area (Å²) in [5, 5.41) is 8.83. The molecule has 2 unspecified atom stereocenters. The van der Waals surface area contributed by atoms with Gasteiger partial charge in [-0.05, 0) is 43.0 Å². The molecule has 2 fully saturated rings. The SMILES string of the molecule is CCC1COC2(CCN(c3ccc(C#N)cc3)C2)C1. The van der Waals surface area contributed by atoms with Gasteiger partial charge in [0.15, 0.2) is 0 Å². The first kappa shape index (κ1) is 12.5. The van der Waals surface area contributed by atoms with Gasteiger partial charge in [0, 0.05) is 18.8 Å². The van der Waals surface area contributed by atoms with E-state index < -0.39 is 0 Å². The van der Waals surface area contributed by atoms with Crippen molar-refractivity contribution < 1.29 is 4.74 Å². The van der Waals surface area contributed by atoms with E-state index in [9.17, 15) is 0 Å². The number of nitriles is 1. The minimum atomic E-state index is 0.0918. The zero-order valence-electron chi connectivity index (χ0n) is 11.4. The Morgan fingerprint density at radius 1 is 1.42 bits per heavy atom. The maximum atomic E-state index is 8.83. The first-order valence-corrected chi connectivity index (χ1v) is 7.14. The Labute approximate surface area is 114 Å². The minimum Gasteiger partial charge on any atom is -0.373 e. The molecule has 0 amide bonds. The predicted molar refractivity (Wildman–Crippen MR) is 75.1 cm³/mol. The Bertz CT molecular complexity index is 490. The number of benzene rings is 1. The lowest BCUT2D eigenvalue weighted by molar-refractivity contribution is 0.0218. The topological polar surface area (TPSA) is 36.3 Å². The summed E-state index contributed by atoms with van der Waals surface area (Å²) in [6.45, 7) is 5.23. The molecule has 2 atom stereocenters. The first-order chi connectivity index (χ1) is 9.24. The van der Waals surface area contributed by atoms with E-state index in [1.54, 1.807) is 0 Å². The Morgan fingerprint density at radius 2 is 2.21 bits per heavy atom. The van der Waals surface area contributed by atoms with Crippen molar-refractivity contribution in [3.63, 3.8) is 0 Å². The number of hydrogen-bond acceptors (Lipinski definition) is 3. The first-order valence-electron chi connectivity index (χ1n) is 7.14. The van der Waals surface area contributed by atoms with Crippen LogP contribution in [0, 0.1) is 17.2 Å². The summed E-state index contributed by atoms with van der Waals surface area (Å²) in [6, 6.07) is 10.0. The fourth-order valence-electron chi connectivity index (χ4n) is 3.30. The van der Waals surface area contributed by atoms with Crippen molar-refractivity contribution in [1.29, 1.82) is 5.26 Å². The summed E-state index contributed by atoms with van der Waals surface area (Å²) >= 11 is 0. The van der Waals surface area contributed by atoms with E-state index in [4.69, 9.17) is 10.00 Å². The van der Waals surface area contributed by atoms with Gasteiger partial charge in [0.05, 0.1) is 23.8 Å². The molecule has 1 aromatic rings. The zero-order chi connectivity index (χ0) is 13.3. The van der Waals surface area contributed by atoms with E-state index in [1.807, 2.05) is 24.3 Å². The molecule has 0 aromatic heterocycles. The van der Waals surface area contributed by atoms with Crippen LogP contribution in [0.3, 0.4) is 0 Å². The second kappa shape index (κ2) is 4.86. The van der Waals surface area contributed by atoms with Gasteiger partial charge in [-0.25, -0.2) is 0 Å². The largest absolute Gasteiger partial charge is 0.373 e. The number of nitrogens with zero attached hydrogens (tertiary/aromatic N) is 2. The highest BCUT2D eigenvalue weighted by atomic mass is 16.5. The molecule has 100 valence electrons. The van der Waals surface area contributed by atoms with Crippen molar-refractivity contribution in [1.82, 2.24) is 0 Å². The Morgan fingerprint density at radius 3 is 2.84 bits per heavy atom. The van der Waals surface area contributed by atoms with Gasteiger partial charge in [0.25, 0.3) is 0 Å². The third-order valence-electron chi connectivity index (χ3n) is 4.54. The van der Waals surface area contributed by atoms with Gasteiger partial charge in [0.1, 0.15) is 0 Å². The third kappa shape index (κ3) is 2.33. The molecular formula is C16H20N2O. The van der Waals surface area contributed by atoms with Crippen molar-refractivity contribution in [2.45, 2.75) is 31.8 Å². The summed E-state index contributed by atoms with van der Waals surface area (Å²) in [7, 11) is 0. The molecule has 1 aromatic carbocycles. The highest BCUT2D eigenvalue weighted by Crippen LogP contribution is 2.40. The highest BCUT2D eigenvalue weighted by molar-refractivity contribution is 5.51. The molecule has 0 N–H and O–H groups in total. The number of anilines is 1. The van der Waals surface area contributed by atoms with Crippen LogP contribution in [0.1, 0.15) is 31.7 Å². The quantitative estimate of drug-likeness (QED) is 0.816. The summed E-state index contributed by atoms with van der Waals surface area (Å²) < 4.78 is 6.11. The predicted octanol–water partition coefficient (Wildman–Crippen LogP) is 2.95. The lowest BCUT2D eigenvalue weighted by Crippen LogP contribution is -2.32. The number of hydrogen-bond donors (Lipinski definition) is 0. The molecule has 3 nitrogen and oxygen atoms in total. The van der Waals surface area contributed by atoms with Gasteiger partial charge in [-0.1, -0.05) is 13.3 Å². The van der Waals surface area contributed by atoms with Crippen LogP contribution in [0.25, 0.3) is 0 Å². The van der Waals surface area contributed by atoms with E-state index >= 15 is 0 Å². The maximum Gasteiger partial charge on any atom is 0.0991 e. The standard InChI is InChI=1S/C16H20N2O/c1-2-13-9-16(19-11-13)7-8-18(12-16)15-5-3-14(10-17)4-6-15/h3-6,13H,2,7-9,11-12H2,1H3. The monoisotopic (exact) mass is 256 g/mol. The molecule has 3 rings (SSSR count). The van der Waals surface area contributed by atoms with Crippen molar-refractivity contribution in [3.05, 3.63) is 29.8 Å². The van der Waals surface area contributed by atoms with Gasteiger partial charge in [-0.15, -0.1) is 0 Å². The lowest BCUT2D eigenvalue weighted by atomic mass is 9.92. The second-order valence-corrected chi connectivity index (χ2v) is 5.80. The third-order valence-corrected chi connectivity index (χ3v) is 4.54. The van der Waals surface area contributed by atoms with Crippen LogP contribution in [0.4, 0.5) is 5.69 Å². The van der Waals surface area contributed by atoms with Crippen LogP contribution < -0.4 is 4.90 Å². The number of rotatable bonds is 2. The summed E-state index contributed by atoms with van der Waals surface area (Å²) in [4.78, 5) is 2.39.